The largest absolute Gasteiger partial charge is 0.373 e. The van der Waals surface area contributed by atoms with Gasteiger partial charge < -0.3 is 15.2 Å². The van der Waals surface area contributed by atoms with E-state index in [0.29, 0.717) is 23.4 Å². The third-order valence-electron chi connectivity index (χ3n) is 5.66. The van der Waals surface area contributed by atoms with Gasteiger partial charge in [0.2, 0.25) is 0 Å². The van der Waals surface area contributed by atoms with Gasteiger partial charge in [-0.05, 0) is 18.6 Å². The molecule has 0 aromatic carbocycles. The molecule has 0 radical (unpaired) electrons. The van der Waals surface area contributed by atoms with E-state index in [9.17, 15) is 9.18 Å². The molecule has 1 aliphatic carbocycles. The minimum absolute atomic E-state index is 0.324. The zero-order valence-electron chi connectivity index (χ0n) is 17.5. The van der Waals surface area contributed by atoms with Crippen molar-refractivity contribution < 1.29 is 9.18 Å². The molecule has 8 nitrogen and oxygen atoms in total. The number of unbranched alkanes of at least 4 members (excludes halogenated alkanes) is 1. The minimum atomic E-state index is -0.969. The summed E-state index contributed by atoms with van der Waals surface area (Å²) < 4.78 is 17.0. The molecule has 1 aliphatic rings. The van der Waals surface area contributed by atoms with Crippen LogP contribution >= 0.6 is 0 Å². The molecular formula is C22H24FN7O. The minimum Gasteiger partial charge on any atom is -0.373 e. The summed E-state index contributed by atoms with van der Waals surface area (Å²) in [5.41, 5.74) is 3.32. The van der Waals surface area contributed by atoms with Gasteiger partial charge in [0.05, 0.1) is 17.9 Å². The molecule has 4 aromatic heterocycles. The first-order valence-corrected chi connectivity index (χ1v) is 10.6. The maximum atomic E-state index is 13.3. The summed E-state index contributed by atoms with van der Waals surface area (Å²) >= 11 is 0. The molecule has 0 unspecified atom stereocenters. The van der Waals surface area contributed by atoms with Crippen LogP contribution in [0, 0.1) is 0 Å². The molecule has 31 heavy (non-hydrogen) atoms. The number of nitrogens with zero attached hydrogens (tertiary/aromatic N) is 5. The molecule has 5 rings (SSSR count). The normalized spacial score (nSPS) is 17.9. The van der Waals surface area contributed by atoms with Crippen molar-refractivity contribution >= 4 is 28.4 Å². The number of aromatic nitrogens is 5. The lowest BCUT2D eigenvalue weighted by Gasteiger charge is -2.08. The molecule has 1 saturated carbocycles. The Morgan fingerprint density at radius 2 is 2.19 bits per heavy atom. The first kappa shape index (κ1) is 19.5. The number of nitrogens with one attached hydrogen (secondary N) is 2. The smallest absolute Gasteiger partial charge is 0.257 e. The molecule has 0 spiro atoms. The lowest BCUT2D eigenvalue weighted by Crippen LogP contribution is -2.27. The van der Waals surface area contributed by atoms with E-state index in [0.717, 1.165) is 41.7 Å². The van der Waals surface area contributed by atoms with E-state index in [1.165, 1.54) is 6.20 Å². The van der Waals surface area contributed by atoms with Crippen LogP contribution in [-0.4, -0.2) is 49.3 Å². The first-order valence-electron chi connectivity index (χ1n) is 10.6. The van der Waals surface area contributed by atoms with Crippen molar-refractivity contribution in [1.82, 2.24) is 29.5 Å². The highest BCUT2D eigenvalue weighted by Gasteiger charge is 2.39. The Labute approximate surface area is 178 Å². The fourth-order valence-corrected chi connectivity index (χ4v) is 3.82. The summed E-state index contributed by atoms with van der Waals surface area (Å²) in [6, 6.07) is 5.43. The van der Waals surface area contributed by atoms with E-state index in [-0.39, 0.29) is 5.91 Å². The molecule has 9 heteroatoms. The van der Waals surface area contributed by atoms with Gasteiger partial charge in [0.25, 0.3) is 5.91 Å². The number of hydrogen-bond acceptors (Lipinski definition) is 5. The maximum Gasteiger partial charge on any atom is 0.257 e. The van der Waals surface area contributed by atoms with Gasteiger partial charge in [-0.3, -0.25) is 4.79 Å². The lowest BCUT2D eigenvalue weighted by molar-refractivity contribution is 0.0949. The summed E-state index contributed by atoms with van der Waals surface area (Å²) in [6.45, 7) is 3.03. The quantitative estimate of drug-likeness (QED) is 0.477. The van der Waals surface area contributed by atoms with Crippen LogP contribution in [-0.2, 0) is 6.54 Å². The number of carbonyl (C=O) groups excluding carboxylic acids is 1. The Morgan fingerprint density at radius 1 is 1.35 bits per heavy atom. The summed E-state index contributed by atoms with van der Waals surface area (Å²) in [5.74, 6) is 0.339. The Morgan fingerprint density at radius 3 is 2.94 bits per heavy atom. The van der Waals surface area contributed by atoms with Crippen LogP contribution in [0.1, 0.15) is 36.5 Å². The zero-order chi connectivity index (χ0) is 21.5. The average molecular weight is 421 g/mol. The molecule has 2 atom stereocenters. The molecule has 2 N–H and O–H groups in total. The van der Waals surface area contributed by atoms with Crippen LogP contribution in [0.3, 0.4) is 0 Å². The third-order valence-corrected chi connectivity index (χ3v) is 5.66. The molecule has 1 fully saturated rings. The average Bonchev–Trinajstić information content (AvgIpc) is 3.17. The van der Waals surface area contributed by atoms with Gasteiger partial charge in [-0.25, -0.2) is 14.4 Å². The van der Waals surface area contributed by atoms with Crippen molar-refractivity contribution in [3.05, 3.63) is 42.4 Å². The number of pyridine rings is 1. The first-order chi connectivity index (χ1) is 15.1. The number of hydrogen-bond donors (Lipinski definition) is 2. The van der Waals surface area contributed by atoms with Crippen LogP contribution in [0.25, 0.3) is 27.9 Å². The number of carbonyl (C=O) groups is 1. The number of aryl methyl sites for hydroxylation is 1. The number of alkyl halides is 1. The second kappa shape index (κ2) is 7.64. The highest BCUT2D eigenvalue weighted by molar-refractivity contribution is 6.01. The molecule has 0 aliphatic heterocycles. The predicted octanol–water partition coefficient (Wildman–Crippen LogP) is 3.43. The van der Waals surface area contributed by atoms with Crippen LogP contribution < -0.4 is 10.6 Å². The fraction of sp³-hybridized carbons (Fsp3) is 0.364. The third kappa shape index (κ3) is 3.39. The van der Waals surface area contributed by atoms with Crippen LogP contribution in [0.5, 0.6) is 0 Å². The molecule has 160 valence electrons. The Hall–Kier alpha value is -3.49. The Kier molecular flexibility index (Phi) is 4.80. The van der Waals surface area contributed by atoms with Crippen LogP contribution in [0.4, 0.5) is 10.2 Å². The molecule has 1 amide bonds. The van der Waals surface area contributed by atoms with Gasteiger partial charge in [0.1, 0.15) is 23.2 Å². The Bertz CT molecular complexity index is 1280. The number of rotatable bonds is 7. The zero-order valence-corrected chi connectivity index (χ0v) is 17.5. The SMILES string of the molecule is CCCCn1cc(-c2cc(NC)n3ncc(C(=O)N[C@@H]4C[C@@H]4F)c3n2)c2cccnc21. The fourth-order valence-electron chi connectivity index (χ4n) is 3.82. The van der Waals surface area contributed by atoms with Crippen molar-refractivity contribution in [3.63, 3.8) is 0 Å². The van der Waals surface area contributed by atoms with E-state index in [1.807, 2.05) is 18.2 Å². The standard InChI is InChI=1S/C22H24FN7O/c1-3-4-8-29-12-15(13-6-5-7-25-20(13)29)17-10-19(24-2)30-21(27-17)14(11-26-30)22(31)28-18-9-16(18)23/h5-7,10-12,16,18,24H,3-4,8-9H2,1-2H3,(H,28,31)/t16-,18+/m0/s1. The maximum absolute atomic E-state index is 13.3. The summed E-state index contributed by atoms with van der Waals surface area (Å²) in [5, 5.41) is 11.2. The van der Waals surface area contributed by atoms with Crippen molar-refractivity contribution in [2.75, 3.05) is 12.4 Å². The topological polar surface area (TPSA) is 89.1 Å². The van der Waals surface area contributed by atoms with Gasteiger partial charge in [0.15, 0.2) is 5.65 Å². The Balaban J connectivity index is 1.63. The van der Waals surface area contributed by atoms with Gasteiger partial charge >= 0.3 is 0 Å². The number of fused-ring (bicyclic) bond motifs is 2. The second-order valence-corrected chi connectivity index (χ2v) is 7.87. The summed E-state index contributed by atoms with van der Waals surface area (Å²) in [6.07, 6.45) is 6.87. The van der Waals surface area contributed by atoms with Gasteiger partial charge in [-0.15, -0.1) is 0 Å². The van der Waals surface area contributed by atoms with Crippen molar-refractivity contribution in [3.8, 4) is 11.3 Å². The van der Waals surface area contributed by atoms with Crippen molar-refractivity contribution in [2.45, 2.75) is 44.9 Å². The van der Waals surface area contributed by atoms with Gasteiger partial charge in [-0.2, -0.15) is 9.61 Å². The van der Waals surface area contributed by atoms with Crippen LogP contribution in [0.15, 0.2) is 36.8 Å². The summed E-state index contributed by atoms with van der Waals surface area (Å²) in [7, 11) is 1.80. The summed E-state index contributed by atoms with van der Waals surface area (Å²) in [4.78, 5) is 22.1. The van der Waals surface area contributed by atoms with Gasteiger partial charge in [-0.1, -0.05) is 13.3 Å². The predicted molar refractivity (Wildman–Crippen MR) is 117 cm³/mol. The molecule has 4 aromatic rings. The van der Waals surface area contributed by atoms with E-state index < -0.39 is 12.2 Å². The second-order valence-electron chi connectivity index (χ2n) is 7.87. The van der Waals surface area contributed by atoms with Crippen molar-refractivity contribution in [1.29, 1.82) is 0 Å². The van der Waals surface area contributed by atoms with Gasteiger partial charge in [0, 0.05) is 49.4 Å². The van der Waals surface area contributed by atoms with E-state index >= 15 is 0 Å². The molecule has 0 bridgehead atoms. The molecular weight excluding hydrogens is 397 g/mol. The number of halogens is 1. The number of anilines is 1. The molecule has 4 heterocycles. The van der Waals surface area contributed by atoms with E-state index in [2.05, 4.69) is 38.4 Å². The molecule has 0 saturated heterocycles. The van der Waals surface area contributed by atoms with E-state index in [1.54, 1.807) is 17.8 Å². The highest BCUT2D eigenvalue weighted by atomic mass is 19.1. The monoisotopic (exact) mass is 421 g/mol. The van der Waals surface area contributed by atoms with E-state index in [4.69, 9.17) is 4.98 Å². The number of amides is 1. The van der Waals surface area contributed by atoms with Crippen molar-refractivity contribution in [2.24, 2.45) is 0 Å². The lowest BCUT2D eigenvalue weighted by atomic mass is 10.1. The highest BCUT2D eigenvalue weighted by Crippen LogP contribution is 2.31. The van der Waals surface area contributed by atoms with Crippen LogP contribution in [0.2, 0.25) is 0 Å².